The van der Waals surface area contributed by atoms with Crippen LogP contribution >= 0.6 is 0 Å². The molecule has 1 heterocycles. The van der Waals surface area contributed by atoms with Gasteiger partial charge in [0.15, 0.2) is 6.29 Å². The van der Waals surface area contributed by atoms with Crippen LogP contribution in [0.3, 0.4) is 0 Å². The molecule has 0 spiro atoms. The molecule has 0 radical (unpaired) electrons. The second kappa shape index (κ2) is 6.08. The van der Waals surface area contributed by atoms with Crippen molar-refractivity contribution in [2.45, 2.75) is 51.9 Å². The molecule has 15 heavy (non-hydrogen) atoms. The molecule has 4 heteroatoms. The maximum Gasteiger partial charge on any atom is 0.303 e. The van der Waals surface area contributed by atoms with Crippen molar-refractivity contribution < 1.29 is 19.4 Å². The highest BCUT2D eigenvalue weighted by Gasteiger charge is 2.22. The minimum absolute atomic E-state index is 0.0213. The molecule has 1 aliphatic heterocycles. The van der Waals surface area contributed by atoms with Crippen LogP contribution in [0.2, 0.25) is 0 Å². The summed E-state index contributed by atoms with van der Waals surface area (Å²) in [7, 11) is 0. The van der Waals surface area contributed by atoms with Crippen molar-refractivity contribution in [3.8, 4) is 0 Å². The Bertz CT molecular complexity index is 199. The number of carboxylic acid groups (broad SMARTS) is 1. The van der Waals surface area contributed by atoms with Gasteiger partial charge in [0.1, 0.15) is 0 Å². The monoisotopic (exact) mass is 216 g/mol. The van der Waals surface area contributed by atoms with E-state index in [-0.39, 0.29) is 24.7 Å². The average Bonchev–Trinajstić information content (AvgIpc) is 2.18. The molecule has 0 aromatic heterocycles. The summed E-state index contributed by atoms with van der Waals surface area (Å²) in [5, 5.41) is 8.65. The molecule has 88 valence electrons. The highest BCUT2D eigenvalue weighted by atomic mass is 16.7. The lowest BCUT2D eigenvalue weighted by molar-refractivity contribution is -0.194. The Morgan fingerprint density at radius 3 is 2.80 bits per heavy atom. The standard InChI is InChI=1S/C11H20O4/c1-8(7-10(12)13)9(2)15-11-5-3-4-6-14-11/h8-9,11H,3-7H2,1-2H3,(H,12,13)/t8-,9-,11?/m0/s1. The van der Waals surface area contributed by atoms with Gasteiger partial charge in [0.25, 0.3) is 0 Å². The molecule has 1 unspecified atom stereocenters. The number of ether oxygens (including phenoxy) is 2. The lowest BCUT2D eigenvalue weighted by Gasteiger charge is -2.28. The van der Waals surface area contributed by atoms with Gasteiger partial charge in [-0.15, -0.1) is 0 Å². The third-order valence-electron chi connectivity index (χ3n) is 2.80. The number of carboxylic acids is 1. The van der Waals surface area contributed by atoms with Gasteiger partial charge in [-0.1, -0.05) is 6.92 Å². The molecule has 1 aliphatic rings. The molecule has 1 N–H and O–H groups in total. The van der Waals surface area contributed by atoms with Crippen molar-refractivity contribution in [2.24, 2.45) is 5.92 Å². The highest BCUT2D eigenvalue weighted by molar-refractivity contribution is 5.67. The van der Waals surface area contributed by atoms with Crippen LogP contribution in [0.5, 0.6) is 0 Å². The minimum Gasteiger partial charge on any atom is -0.481 e. The van der Waals surface area contributed by atoms with Crippen LogP contribution < -0.4 is 0 Å². The first-order valence-electron chi connectivity index (χ1n) is 5.58. The van der Waals surface area contributed by atoms with Gasteiger partial charge in [-0.3, -0.25) is 4.79 Å². The van der Waals surface area contributed by atoms with E-state index in [2.05, 4.69) is 0 Å². The molecule has 0 aromatic carbocycles. The Balaban J connectivity index is 2.26. The first-order valence-corrected chi connectivity index (χ1v) is 5.58. The molecule has 4 nitrogen and oxygen atoms in total. The fraction of sp³-hybridized carbons (Fsp3) is 0.909. The zero-order chi connectivity index (χ0) is 11.3. The zero-order valence-electron chi connectivity index (χ0n) is 9.44. The summed E-state index contributed by atoms with van der Waals surface area (Å²) in [5.74, 6) is -0.754. The van der Waals surface area contributed by atoms with Crippen LogP contribution in [0.25, 0.3) is 0 Å². The number of carbonyl (C=O) groups is 1. The Kier molecular flexibility index (Phi) is 5.05. The molecule has 0 amide bonds. The maximum absolute atomic E-state index is 10.5. The maximum atomic E-state index is 10.5. The van der Waals surface area contributed by atoms with E-state index in [1.807, 2.05) is 13.8 Å². The topological polar surface area (TPSA) is 55.8 Å². The van der Waals surface area contributed by atoms with E-state index >= 15 is 0 Å². The summed E-state index contributed by atoms with van der Waals surface area (Å²) in [6.45, 7) is 4.55. The number of hydrogen-bond donors (Lipinski definition) is 1. The highest BCUT2D eigenvalue weighted by Crippen LogP contribution is 2.19. The molecule has 3 atom stereocenters. The average molecular weight is 216 g/mol. The second-order valence-corrected chi connectivity index (χ2v) is 4.21. The fourth-order valence-corrected chi connectivity index (χ4v) is 1.63. The smallest absolute Gasteiger partial charge is 0.303 e. The van der Waals surface area contributed by atoms with E-state index in [9.17, 15) is 4.79 Å². The predicted octanol–water partition coefficient (Wildman–Crippen LogP) is 2.03. The van der Waals surface area contributed by atoms with Gasteiger partial charge in [-0.25, -0.2) is 0 Å². The quantitative estimate of drug-likeness (QED) is 0.764. The largest absolute Gasteiger partial charge is 0.481 e. The normalized spacial score (nSPS) is 25.9. The van der Waals surface area contributed by atoms with E-state index < -0.39 is 5.97 Å². The van der Waals surface area contributed by atoms with Crippen LogP contribution in [0.4, 0.5) is 0 Å². The lowest BCUT2D eigenvalue weighted by atomic mass is 10.0. The Morgan fingerprint density at radius 2 is 2.27 bits per heavy atom. The molecule has 1 rings (SSSR count). The van der Waals surface area contributed by atoms with Crippen molar-refractivity contribution in [3.05, 3.63) is 0 Å². The number of rotatable bonds is 5. The van der Waals surface area contributed by atoms with E-state index in [4.69, 9.17) is 14.6 Å². The van der Waals surface area contributed by atoms with Crippen LogP contribution in [-0.2, 0) is 14.3 Å². The molecule has 1 saturated heterocycles. The SMILES string of the molecule is C[C@H](OC1CCCCO1)[C@@H](C)CC(=O)O. The predicted molar refractivity (Wildman–Crippen MR) is 55.6 cm³/mol. The molecule has 0 aliphatic carbocycles. The molecule has 0 saturated carbocycles. The van der Waals surface area contributed by atoms with Gasteiger partial charge in [0.2, 0.25) is 0 Å². The van der Waals surface area contributed by atoms with Gasteiger partial charge >= 0.3 is 5.97 Å². The Hall–Kier alpha value is -0.610. The third-order valence-corrected chi connectivity index (χ3v) is 2.80. The van der Waals surface area contributed by atoms with Crippen LogP contribution in [0, 0.1) is 5.92 Å². The summed E-state index contributed by atoms with van der Waals surface area (Å²) < 4.78 is 11.1. The van der Waals surface area contributed by atoms with E-state index in [0.29, 0.717) is 0 Å². The van der Waals surface area contributed by atoms with Crippen LogP contribution in [-0.4, -0.2) is 30.1 Å². The first kappa shape index (κ1) is 12.5. The minimum atomic E-state index is -0.775. The summed E-state index contributed by atoms with van der Waals surface area (Å²) in [6, 6.07) is 0. The summed E-state index contributed by atoms with van der Waals surface area (Å²) in [5.41, 5.74) is 0. The molecule has 1 fully saturated rings. The summed E-state index contributed by atoms with van der Waals surface area (Å²) in [4.78, 5) is 10.5. The van der Waals surface area contributed by atoms with Gasteiger partial charge in [0, 0.05) is 6.61 Å². The van der Waals surface area contributed by atoms with Crippen molar-refractivity contribution >= 4 is 5.97 Å². The lowest BCUT2D eigenvalue weighted by Crippen LogP contribution is -2.30. The molecular formula is C11H20O4. The van der Waals surface area contributed by atoms with Crippen molar-refractivity contribution in [1.29, 1.82) is 0 Å². The molecular weight excluding hydrogens is 196 g/mol. The van der Waals surface area contributed by atoms with Crippen LogP contribution in [0.1, 0.15) is 39.5 Å². The van der Waals surface area contributed by atoms with E-state index in [1.54, 1.807) is 0 Å². The van der Waals surface area contributed by atoms with Crippen LogP contribution in [0.15, 0.2) is 0 Å². The fourth-order valence-electron chi connectivity index (χ4n) is 1.63. The van der Waals surface area contributed by atoms with Gasteiger partial charge in [-0.05, 0) is 32.1 Å². The zero-order valence-corrected chi connectivity index (χ0v) is 9.44. The van der Waals surface area contributed by atoms with Crippen molar-refractivity contribution in [1.82, 2.24) is 0 Å². The van der Waals surface area contributed by atoms with Gasteiger partial charge in [-0.2, -0.15) is 0 Å². The summed E-state index contributed by atoms with van der Waals surface area (Å²) in [6.07, 6.45) is 3.09. The molecule has 0 bridgehead atoms. The van der Waals surface area contributed by atoms with E-state index in [0.717, 1.165) is 25.9 Å². The van der Waals surface area contributed by atoms with Gasteiger partial charge in [0.05, 0.1) is 12.5 Å². The summed E-state index contributed by atoms with van der Waals surface area (Å²) >= 11 is 0. The number of aliphatic carboxylic acids is 1. The Morgan fingerprint density at radius 1 is 1.53 bits per heavy atom. The van der Waals surface area contributed by atoms with Crippen molar-refractivity contribution in [3.63, 3.8) is 0 Å². The first-order chi connectivity index (χ1) is 7.09. The number of hydrogen-bond acceptors (Lipinski definition) is 3. The second-order valence-electron chi connectivity index (χ2n) is 4.21. The molecule has 0 aromatic rings. The van der Waals surface area contributed by atoms with E-state index in [1.165, 1.54) is 0 Å². The third kappa shape index (κ3) is 4.62. The Labute approximate surface area is 90.6 Å². The van der Waals surface area contributed by atoms with Crippen molar-refractivity contribution in [2.75, 3.05) is 6.61 Å². The van der Waals surface area contributed by atoms with Gasteiger partial charge < -0.3 is 14.6 Å².